The first kappa shape index (κ1) is 16.3. The smallest absolute Gasteiger partial charge is 0.240 e. The molecule has 0 spiro atoms. The van der Waals surface area contributed by atoms with Crippen LogP contribution in [-0.4, -0.2) is 11.9 Å². The van der Waals surface area contributed by atoms with Crippen molar-refractivity contribution < 1.29 is 4.79 Å². The van der Waals surface area contributed by atoms with Crippen molar-refractivity contribution in [3.63, 3.8) is 0 Å². The van der Waals surface area contributed by atoms with Gasteiger partial charge in [0, 0.05) is 6.04 Å². The molecule has 1 amide bonds. The predicted molar refractivity (Wildman–Crippen MR) is 84.5 cm³/mol. The van der Waals surface area contributed by atoms with E-state index >= 15 is 0 Å². The number of carbonyl (C=O) groups is 1. The van der Waals surface area contributed by atoms with Crippen LogP contribution in [0.3, 0.4) is 0 Å². The Morgan fingerprint density at radius 3 is 2.29 bits per heavy atom. The molecule has 2 fully saturated rings. The fraction of sp³-hybridized carbons (Fsp3) is 0.889. The minimum atomic E-state index is -0.739. The molecule has 0 aromatic rings. The Kier molecular flexibility index (Phi) is 6.08. The summed E-state index contributed by atoms with van der Waals surface area (Å²) in [4.78, 5) is 12.6. The molecular formula is C18H30N2O. The predicted octanol–water partition coefficient (Wildman–Crippen LogP) is 4.33. The normalized spacial score (nSPS) is 29.1. The topological polar surface area (TPSA) is 52.9 Å². The van der Waals surface area contributed by atoms with Crippen molar-refractivity contribution in [2.75, 3.05) is 0 Å². The highest BCUT2D eigenvalue weighted by Crippen LogP contribution is 2.35. The SMILES string of the molecule is CCCC1CCC(NC(=O)C2(C#N)CCCCCC2)CC1. The molecule has 0 bridgehead atoms. The highest BCUT2D eigenvalue weighted by molar-refractivity contribution is 5.85. The van der Waals surface area contributed by atoms with Crippen LogP contribution in [0.5, 0.6) is 0 Å². The first-order valence-electron chi connectivity index (χ1n) is 8.92. The van der Waals surface area contributed by atoms with Gasteiger partial charge in [0.05, 0.1) is 6.07 Å². The molecule has 0 radical (unpaired) electrons. The lowest BCUT2D eigenvalue weighted by Crippen LogP contribution is -2.46. The van der Waals surface area contributed by atoms with Gasteiger partial charge in [0.15, 0.2) is 0 Å². The van der Waals surface area contributed by atoms with Gasteiger partial charge in [-0.15, -0.1) is 0 Å². The third-order valence-electron chi connectivity index (χ3n) is 5.48. The van der Waals surface area contributed by atoms with Gasteiger partial charge in [0.2, 0.25) is 5.91 Å². The minimum absolute atomic E-state index is 0.0193. The molecule has 118 valence electrons. The Labute approximate surface area is 129 Å². The standard InChI is InChI=1S/C18H30N2O/c1-2-7-15-8-10-16(11-9-15)20-17(21)18(14-19)12-5-3-4-6-13-18/h15-16H,2-13H2,1H3,(H,20,21). The molecule has 0 atom stereocenters. The fourth-order valence-electron chi connectivity index (χ4n) is 4.05. The minimum Gasteiger partial charge on any atom is -0.352 e. The van der Waals surface area contributed by atoms with Crippen molar-refractivity contribution in [1.29, 1.82) is 5.26 Å². The van der Waals surface area contributed by atoms with Gasteiger partial charge in [0.25, 0.3) is 0 Å². The lowest BCUT2D eigenvalue weighted by Gasteiger charge is -2.32. The van der Waals surface area contributed by atoms with Gasteiger partial charge in [-0.1, -0.05) is 45.4 Å². The molecule has 2 saturated carbocycles. The number of nitrogens with zero attached hydrogens (tertiary/aromatic N) is 1. The molecule has 0 unspecified atom stereocenters. The summed E-state index contributed by atoms with van der Waals surface area (Å²) in [7, 11) is 0. The number of carbonyl (C=O) groups excluding carboxylic acids is 1. The summed E-state index contributed by atoms with van der Waals surface area (Å²) in [5, 5.41) is 12.8. The average molecular weight is 290 g/mol. The third kappa shape index (κ3) is 4.22. The summed E-state index contributed by atoms with van der Waals surface area (Å²) >= 11 is 0. The van der Waals surface area contributed by atoms with E-state index in [-0.39, 0.29) is 5.91 Å². The lowest BCUT2D eigenvalue weighted by molar-refractivity contribution is -0.129. The molecule has 3 heteroatoms. The molecule has 3 nitrogen and oxygen atoms in total. The third-order valence-corrected chi connectivity index (χ3v) is 5.48. The number of rotatable bonds is 4. The summed E-state index contributed by atoms with van der Waals surface area (Å²) in [6.07, 6.45) is 13.1. The maximum absolute atomic E-state index is 12.6. The maximum Gasteiger partial charge on any atom is 0.240 e. The Morgan fingerprint density at radius 2 is 1.76 bits per heavy atom. The monoisotopic (exact) mass is 290 g/mol. The van der Waals surface area contributed by atoms with Crippen molar-refractivity contribution in [2.24, 2.45) is 11.3 Å². The van der Waals surface area contributed by atoms with Gasteiger partial charge >= 0.3 is 0 Å². The molecule has 0 aromatic heterocycles. The number of amides is 1. The second-order valence-corrected chi connectivity index (χ2v) is 7.09. The quantitative estimate of drug-likeness (QED) is 0.784. The van der Waals surface area contributed by atoms with Crippen molar-refractivity contribution in [2.45, 2.75) is 90.0 Å². The van der Waals surface area contributed by atoms with E-state index in [0.717, 1.165) is 44.4 Å². The zero-order valence-corrected chi connectivity index (χ0v) is 13.5. The highest BCUT2D eigenvalue weighted by Gasteiger charge is 2.39. The average Bonchev–Trinajstić information content (AvgIpc) is 2.76. The Hall–Kier alpha value is -1.04. The Morgan fingerprint density at radius 1 is 1.14 bits per heavy atom. The summed E-state index contributed by atoms with van der Waals surface area (Å²) in [5.41, 5.74) is -0.739. The van der Waals surface area contributed by atoms with E-state index < -0.39 is 5.41 Å². The fourth-order valence-corrected chi connectivity index (χ4v) is 4.05. The van der Waals surface area contributed by atoms with Gasteiger partial charge in [-0.25, -0.2) is 0 Å². The van der Waals surface area contributed by atoms with Crippen LogP contribution in [0.15, 0.2) is 0 Å². The van der Waals surface area contributed by atoms with Crippen molar-refractivity contribution in [3.8, 4) is 6.07 Å². The number of hydrogen-bond donors (Lipinski definition) is 1. The molecule has 1 N–H and O–H groups in total. The van der Waals surface area contributed by atoms with Crippen LogP contribution in [-0.2, 0) is 4.79 Å². The van der Waals surface area contributed by atoms with Crippen molar-refractivity contribution in [3.05, 3.63) is 0 Å². The summed E-state index contributed by atoms with van der Waals surface area (Å²) in [6.45, 7) is 2.25. The molecule has 0 aromatic carbocycles. The van der Waals surface area contributed by atoms with E-state index in [9.17, 15) is 10.1 Å². The van der Waals surface area contributed by atoms with Gasteiger partial charge in [-0.05, 0) is 44.4 Å². The number of nitrogens with one attached hydrogen (secondary N) is 1. The molecular weight excluding hydrogens is 260 g/mol. The highest BCUT2D eigenvalue weighted by atomic mass is 16.2. The molecule has 0 aliphatic heterocycles. The zero-order valence-electron chi connectivity index (χ0n) is 13.5. The van der Waals surface area contributed by atoms with Gasteiger partial charge in [-0.2, -0.15) is 5.26 Å². The van der Waals surface area contributed by atoms with Crippen LogP contribution in [0, 0.1) is 22.7 Å². The Bertz CT molecular complexity index is 369. The molecule has 0 heterocycles. The zero-order chi connectivity index (χ0) is 15.1. The van der Waals surface area contributed by atoms with Crippen LogP contribution in [0.25, 0.3) is 0 Å². The maximum atomic E-state index is 12.6. The molecule has 2 aliphatic carbocycles. The van der Waals surface area contributed by atoms with E-state index in [1.165, 1.54) is 38.5 Å². The van der Waals surface area contributed by atoms with E-state index in [4.69, 9.17) is 0 Å². The summed E-state index contributed by atoms with van der Waals surface area (Å²) in [5.74, 6) is 0.872. The van der Waals surface area contributed by atoms with Gasteiger partial charge < -0.3 is 5.32 Å². The molecule has 21 heavy (non-hydrogen) atoms. The van der Waals surface area contributed by atoms with Gasteiger partial charge in [0.1, 0.15) is 5.41 Å². The van der Waals surface area contributed by atoms with Crippen molar-refractivity contribution >= 4 is 5.91 Å². The van der Waals surface area contributed by atoms with E-state index in [0.29, 0.717) is 6.04 Å². The van der Waals surface area contributed by atoms with E-state index in [1.54, 1.807) is 0 Å². The van der Waals surface area contributed by atoms with E-state index in [2.05, 4.69) is 18.3 Å². The van der Waals surface area contributed by atoms with Crippen LogP contribution in [0.2, 0.25) is 0 Å². The Balaban J connectivity index is 1.87. The van der Waals surface area contributed by atoms with Crippen molar-refractivity contribution in [1.82, 2.24) is 5.32 Å². The molecule has 2 aliphatic rings. The first-order valence-corrected chi connectivity index (χ1v) is 8.92. The molecule has 2 rings (SSSR count). The first-order chi connectivity index (χ1) is 10.2. The molecule has 0 saturated heterocycles. The second kappa shape index (κ2) is 7.82. The van der Waals surface area contributed by atoms with Crippen LogP contribution in [0.1, 0.15) is 84.0 Å². The number of nitriles is 1. The lowest BCUT2D eigenvalue weighted by atomic mass is 9.79. The largest absolute Gasteiger partial charge is 0.352 e. The summed E-state index contributed by atoms with van der Waals surface area (Å²) in [6, 6.07) is 2.67. The number of hydrogen-bond acceptors (Lipinski definition) is 2. The van der Waals surface area contributed by atoms with Gasteiger partial charge in [-0.3, -0.25) is 4.79 Å². The second-order valence-electron chi connectivity index (χ2n) is 7.09. The van der Waals surface area contributed by atoms with Crippen LogP contribution >= 0.6 is 0 Å². The van der Waals surface area contributed by atoms with Crippen LogP contribution in [0.4, 0.5) is 0 Å². The van der Waals surface area contributed by atoms with Crippen LogP contribution < -0.4 is 5.32 Å². The summed E-state index contributed by atoms with van der Waals surface area (Å²) < 4.78 is 0. The van der Waals surface area contributed by atoms with E-state index in [1.807, 2.05) is 0 Å².